The number of nitrogens with one attached hydrogen (secondary N) is 2. The highest BCUT2D eigenvalue weighted by Gasteiger charge is 2.33. The van der Waals surface area contributed by atoms with E-state index in [2.05, 4.69) is 20.6 Å². The van der Waals surface area contributed by atoms with E-state index >= 15 is 0 Å². The predicted molar refractivity (Wildman–Crippen MR) is 158 cm³/mol. The molecule has 0 bridgehead atoms. The minimum atomic E-state index is -0.613. The third-order valence-corrected chi connectivity index (χ3v) is 7.33. The van der Waals surface area contributed by atoms with Crippen molar-refractivity contribution >= 4 is 46.7 Å². The molecule has 0 aliphatic carbocycles. The first-order valence-electron chi connectivity index (χ1n) is 13.2. The van der Waals surface area contributed by atoms with Crippen LogP contribution in [0.4, 0.5) is 29.2 Å². The number of carbonyl (C=O) groups excluding carboxylic acids is 1. The molecule has 0 spiro atoms. The minimum Gasteiger partial charge on any atom is -0.507 e. The number of piperidine rings is 1. The molecule has 4 atom stereocenters. The maximum absolute atomic E-state index is 12.6. The highest BCUT2D eigenvalue weighted by Crippen LogP contribution is 2.31. The van der Waals surface area contributed by atoms with Crippen LogP contribution in [0.5, 0.6) is 11.5 Å². The van der Waals surface area contributed by atoms with Gasteiger partial charge in [-0.15, -0.1) is 0 Å². The number of nitrogens with zero attached hydrogens (tertiary/aromatic N) is 5. The number of benzene rings is 2. The Morgan fingerprint density at radius 2 is 1.63 bits per heavy atom. The Balaban J connectivity index is 1.40. The molecule has 2 aliphatic rings. The molecule has 0 unspecified atom stereocenters. The molecule has 3 aromatic rings. The van der Waals surface area contributed by atoms with Crippen molar-refractivity contribution in [3.8, 4) is 11.5 Å². The van der Waals surface area contributed by atoms with Gasteiger partial charge in [0.25, 0.3) is 5.91 Å². The van der Waals surface area contributed by atoms with Crippen LogP contribution in [-0.4, -0.2) is 81.4 Å². The average Bonchev–Trinajstić information content (AvgIpc) is 3.30. The first-order chi connectivity index (χ1) is 19.6. The molecule has 218 valence electrons. The fourth-order valence-electron chi connectivity index (χ4n) is 5.17. The van der Waals surface area contributed by atoms with E-state index in [1.165, 1.54) is 30.3 Å². The molecule has 1 amide bonds. The summed E-state index contributed by atoms with van der Waals surface area (Å²) in [4.78, 5) is 30.5. The number of aromatic nitrogens is 3. The van der Waals surface area contributed by atoms with E-state index in [1.807, 2.05) is 9.80 Å². The Kier molecular flexibility index (Phi) is 8.28. The quantitative estimate of drug-likeness (QED) is 0.179. The van der Waals surface area contributed by atoms with Crippen molar-refractivity contribution in [2.24, 2.45) is 22.9 Å². The first-order valence-corrected chi connectivity index (χ1v) is 13.6. The lowest BCUT2D eigenvalue weighted by Gasteiger charge is -2.35. The number of hydrogen-bond donors (Lipinski definition) is 8. The fraction of sp³-hybridized carbons (Fsp3) is 0.385. The maximum Gasteiger partial charge on any atom is 0.259 e. The Labute approximate surface area is 241 Å². The van der Waals surface area contributed by atoms with Crippen LogP contribution in [0, 0.1) is 0 Å². The molecular formula is C26H34ClN11O3. The fourth-order valence-corrected chi connectivity index (χ4v) is 5.34. The molecule has 0 radical (unpaired) electrons. The standard InChI is InChI=1S/C26H34ClN11O3/c27-13-1-3-19(21(39)5-13)23(41)33-20-4-2-17(8-22(20)40)32-24-34-25(37-10-14(29)6-15(30)11-37)36-26(35-24)38-12-16(31)7-18(38)9-28/h1-5,8,14-16,18,39-40H,6-7,9-12,28-31H2,(H,33,41)(H,32,34,35,36)/t14-,15+,16-,18-/m0/s1. The van der Waals surface area contributed by atoms with Crippen LogP contribution in [0.1, 0.15) is 23.2 Å². The van der Waals surface area contributed by atoms with E-state index in [9.17, 15) is 15.0 Å². The topological polar surface area (TPSA) is 231 Å². The van der Waals surface area contributed by atoms with E-state index in [4.69, 9.17) is 39.5 Å². The molecule has 0 saturated carbocycles. The number of halogens is 1. The zero-order valence-corrected chi connectivity index (χ0v) is 23.0. The predicted octanol–water partition coefficient (Wildman–Crippen LogP) is 0.662. The number of nitrogens with two attached hydrogens (primary N) is 4. The number of anilines is 5. The van der Waals surface area contributed by atoms with E-state index in [1.54, 1.807) is 6.07 Å². The summed E-state index contributed by atoms with van der Waals surface area (Å²) in [6.07, 6.45) is 1.42. The number of phenols is 2. The molecule has 15 heteroatoms. The van der Waals surface area contributed by atoms with Crippen LogP contribution >= 0.6 is 11.6 Å². The molecule has 3 heterocycles. The lowest BCUT2D eigenvalue weighted by molar-refractivity contribution is 0.102. The number of rotatable bonds is 7. The van der Waals surface area contributed by atoms with Gasteiger partial charge in [-0.05, 0) is 43.2 Å². The molecule has 2 fully saturated rings. The van der Waals surface area contributed by atoms with Gasteiger partial charge in [-0.2, -0.15) is 15.0 Å². The molecule has 12 N–H and O–H groups in total. The summed E-state index contributed by atoms with van der Waals surface area (Å²) in [6, 6.07) is 8.37. The second-order valence-electron chi connectivity index (χ2n) is 10.4. The van der Waals surface area contributed by atoms with Crippen molar-refractivity contribution in [2.75, 3.05) is 46.6 Å². The maximum atomic E-state index is 12.6. The van der Waals surface area contributed by atoms with Gasteiger partial charge in [0, 0.05) is 67.1 Å². The van der Waals surface area contributed by atoms with Crippen LogP contribution in [0.25, 0.3) is 0 Å². The van der Waals surface area contributed by atoms with Crippen LogP contribution in [0.2, 0.25) is 5.02 Å². The van der Waals surface area contributed by atoms with Crippen LogP contribution in [0.3, 0.4) is 0 Å². The molecule has 5 rings (SSSR count). The summed E-state index contributed by atoms with van der Waals surface area (Å²) < 4.78 is 0. The number of phenolic OH excluding ortho intramolecular Hbond substituents is 2. The Bertz CT molecular complexity index is 1420. The number of amides is 1. The third kappa shape index (κ3) is 6.52. The molecule has 41 heavy (non-hydrogen) atoms. The summed E-state index contributed by atoms with van der Waals surface area (Å²) in [5.41, 5.74) is 25.3. The molecular weight excluding hydrogens is 550 g/mol. The lowest BCUT2D eigenvalue weighted by atomic mass is 10.0. The van der Waals surface area contributed by atoms with Gasteiger partial charge in [-0.25, -0.2) is 0 Å². The van der Waals surface area contributed by atoms with E-state index in [0.29, 0.717) is 61.6 Å². The van der Waals surface area contributed by atoms with Crippen LogP contribution < -0.4 is 43.4 Å². The Morgan fingerprint density at radius 1 is 0.927 bits per heavy atom. The molecule has 2 aliphatic heterocycles. The van der Waals surface area contributed by atoms with Gasteiger partial charge in [0.15, 0.2) is 0 Å². The van der Waals surface area contributed by atoms with E-state index < -0.39 is 5.91 Å². The molecule has 2 saturated heterocycles. The highest BCUT2D eigenvalue weighted by atomic mass is 35.5. The zero-order valence-electron chi connectivity index (χ0n) is 22.2. The largest absolute Gasteiger partial charge is 0.507 e. The van der Waals surface area contributed by atoms with Crippen molar-refractivity contribution in [1.82, 2.24) is 15.0 Å². The lowest BCUT2D eigenvalue weighted by Crippen LogP contribution is -2.53. The monoisotopic (exact) mass is 583 g/mol. The second-order valence-corrected chi connectivity index (χ2v) is 10.9. The average molecular weight is 584 g/mol. The van der Waals surface area contributed by atoms with Gasteiger partial charge in [-0.1, -0.05) is 11.6 Å². The summed E-state index contributed by atoms with van der Waals surface area (Å²) in [5.74, 6) is -0.0391. The Hall–Kier alpha value is -3.95. The zero-order chi connectivity index (χ0) is 29.3. The minimum absolute atomic E-state index is 0.0100. The van der Waals surface area contributed by atoms with Crippen molar-refractivity contribution in [1.29, 1.82) is 0 Å². The molecule has 14 nitrogen and oxygen atoms in total. The van der Waals surface area contributed by atoms with Gasteiger partial charge < -0.3 is 53.6 Å². The SMILES string of the molecule is NC[C@@H]1C[C@H](N)CN1c1nc(Nc2ccc(NC(=O)c3ccc(Cl)cc3O)c(O)c2)nc(N2C[C@H](N)C[C@H](N)C2)n1. The van der Waals surface area contributed by atoms with Crippen molar-refractivity contribution in [3.63, 3.8) is 0 Å². The van der Waals surface area contributed by atoms with Gasteiger partial charge in [-0.3, -0.25) is 4.79 Å². The summed E-state index contributed by atoms with van der Waals surface area (Å²) >= 11 is 5.84. The van der Waals surface area contributed by atoms with Crippen LogP contribution in [-0.2, 0) is 0 Å². The van der Waals surface area contributed by atoms with Gasteiger partial charge in [0.2, 0.25) is 17.8 Å². The first kappa shape index (κ1) is 28.6. The third-order valence-electron chi connectivity index (χ3n) is 7.09. The van der Waals surface area contributed by atoms with E-state index in [-0.39, 0.29) is 52.9 Å². The van der Waals surface area contributed by atoms with Gasteiger partial charge >= 0.3 is 0 Å². The number of hydrogen-bond acceptors (Lipinski definition) is 13. The second kappa shape index (κ2) is 11.9. The van der Waals surface area contributed by atoms with Crippen molar-refractivity contribution < 1.29 is 15.0 Å². The summed E-state index contributed by atoms with van der Waals surface area (Å²) in [7, 11) is 0. The normalized spacial score (nSPS) is 22.6. The van der Waals surface area contributed by atoms with Crippen molar-refractivity contribution in [2.45, 2.75) is 37.0 Å². The van der Waals surface area contributed by atoms with Gasteiger partial charge in [0.05, 0.1) is 11.3 Å². The highest BCUT2D eigenvalue weighted by molar-refractivity contribution is 6.31. The molecule has 2 aromatic carbocycles. The van der Waals surface area contributed by atoms with Crippen molar-refractivity contribution in [3.05, 3.63) is 47.0 Å². The van der Waals surface area contributed by atoms with Gasteiger partial charge in [0.1, 0.15) is 11.5 Å². The number of carbonyl (C=O) groups is 1. The smallest absolute Gasteiger partial charge is 0.259 e. The van der Waals surface area contributed by atoms with E-state index in [0.717, 1.165) is 0 Å². The number of aromatic hydroxyl groups is 2. The Morgan fingerprint density at radius 3 is 2.32 bits per heavy atom. The van der Waals surface area contributed by atoms with Crippen LogP contribution in [0.15, 0.2) is 36.4 Å². The summed E-state index contributed by atoms with van der Waals surface area (Å²) in [5, 5.41) is 26.7. The summed E-state index contributed by atoms with van der Waals surface area (Å²) in [6.45, 7) is 2.01. The molecule has 1 aromatic heterocycles.